The van der Waals surface area contributed by atoms with Gasteiger partial charge in [-0.25, -0.2) is 5.43 Å². The van der Waals surface area contributed by atoms with E-state index < -0.39 is 5.91 Å². The van der Waals surface area contributed by atoms with Gasteiger partial charge in [0.2, 0.25) is 0 Å². The van der Waals surface area contributed by atoms with Crippen LogP contribution in [0.3, 0.4) is 0 Å². The molecular weight excluding hydrogens is 427 g/mol. The summed E-state index contributed by atoms with van der Waals surface area (Å²) >= 11 is 15.4. The van der Waals surface area contributed by atoms with Crippen LogP contribution in [0, 0.1) is 0 Å². The number of aromatic nitrogens is 2. The van der Waals surface area contributed by atoms with Gasteiger partial charge in [0.05, 0.1) is 16.9 Å². The zero-order valence-electron chi connectivity index (χ0n) is 12.6. The Labute approximate surface area is 162 Å². The van der Waals surface area contributed by atoms with Crippen LogP contribution in [0.15, 0.2) is 58.1 Å². The molecule has 0 radical (unpaired) electrons. The van der Waals surface area contributed by atoms with Crippen molar-refractivity contribution in [2.45, 2.75) is 0 Å². The smallest absolute Gasteiger partial charge is 0.272 e. The van der Waals surface area contributed by atoms with Gasteiger partial charge in [-0.2, -0.15) is 10.2 Å². The summed E-state index contributed by atoms with van der Waals surface area (Å²) in [6.45, 7) is 0. The van der Waals surface area contributed by atoms with E-state index in [4.69, 9.17) is 23.2 Å². The number of hydrogen-bond donors (Lipinski definition) is 2. The van der Waals surface area contributed by atoms with Gasteiger partial charge in [-0.15, -0.1) is 0 Å². The van der Waals surface area contributed by atoms with Crippen molar-refractivity contribution in [1.82, 2.24) is 15.6 Å². The third kappa shape index (κ3) is 4.48. The Balaban J connectivity index is 1.70. The van der Waals surface area contributed by atoms with Crippen LogP contribution in [0.25, 0.3) is 11.3 Å². The molecule has 0 fully saturated rings. The summed E-state index contributed by atoms with van der Waals surface area (Å²) in [6.07, 6.45) is 1.55. The second-order valence-corrected chi connectivity index (χ2v) is 6.80. The molecule has 8 heteroatoms. The molecular formula is C17H11BrCl2N4O. The topological polar surface area (TPSA) is 70.1 Å². The molecule has 1 amide bonds. The van der Waals surface area contributed by atoms with Gasteiger partial charge in [0.25, 0.3) is 5.91 Å². The number of carbonyl (C=O) groups is 1. The first-order valence-electron chi connectivity index (χ1n) is 7.13. The highest BCUT2D eigenvalue weighted by Crippen LogP contribution is 2.29. The molecule has 126 valence electrons. The standard InChI is InChI=1S/C17H11BrCl2N4O/c18-11-3-1-2-10(6-11)9-21-24-17(25)16-8-15(22-23-16)13-5-4-12(19)7-14(13)20/h1-9H,(H,22,23)(H,24,25)/b21-9-. The Bertz CT molecular complexity index is 955. The molecule has 3 aromatic rings. The van der Waals surface area contributed by atoms with E-state index in [2.05, 4.69) is 36.7 Å². The summed E-state index contributed by atoms with van der Waals surface area (Å²) < 4.78 is 0.931. The molecule has 1 aromatic heterocycles. The minimum atomic E-state index is -0.407. The van der Waals surface area contributed by atoms with Gasteiger partial charge in [0.1, 0.15) is 5.69 Å². The molecule has 25 heavy (non-hydrogen) atoms. The van der Waals surface area contributed by atoms with Crippen molar-refractivity contribution in [2.75, 3.05) is 0 Å². The van der Waals surface area contributed by atoms with Crippen LogP contribution >= 0.6 is 39.1 Å². The van der Waals surface area contributed by atoms with Crippen LogP contribution < -0.4 is 5.43 Å². The van der Waals surface area contributed by atoms with Gasteiger partial charge < -0.3 is 0 Å². The van der Waals surface area contributed by atoms with E-state index in [-0.39, 0.29) is 5.69 Å². The fourth-order valence-corrected chi connectivity index (χ4v) is 3.01. The Morgan fingerprint density at radius 2 is 2.04 bits per heavy atom. The van der Waals surface area contributed by atoms with E-state index in [9.17, 15) is 4.79 Å². The monoisotopic (exact) mass is 436 g/mol. The molecule has 1 heterocycles. The lowest BCUT2D eigenvalue weighted by Crippen LogP contribution is -2.17. The highest BCUT2D eigenvalue weighted by atomic mass is 79.9. The molecule has 0 saturated heterocycles. The molecule has 0 saturated carbocycles. The highest BCUT2D eigenvalue weighted by Gasteiger charge is 2.12. The average molecular weight is 438 g/mol. The lowest BCUT2D eigenvalue weighted by molar-refractivity contribution is 0.0950. The summed E-state index contributed by atoms with van der Waals surface area (Å²) in [5.41, 5.74) is 4.79. The van der Waals surface area contributed by atoms with Gasteiger partial charge in [-0.1, -0.05) is 51.3 Å². The van der Waals surface area contributed by atoms with E-state index in [1.165, 1.54) is 0 Å². The van der Waals surface area contributed by atoms with E-state index >= 15 is 0 Å². The molecule has 3 rings (SSSR count). The fourth-order valence-electron chi connectivity index (χ4n) is 2.09. The summed E-state index contributed by atoms with van der Waals surface area (Å²) in [4.78, 5) is 12.1. The van der Waals surface area contributed by atoms with Crippen molar-refractivity contribution in [2.24, 2.45) is 5.10 Å². The maximum Gasteiger partial charge on any atom is 0.289 e. The number of nitrogens with one attached hydrogen (secondary N) is 2. The number of H-pyrrole nitrogens is 1. The summed E-state index contributed by atoms with van der Waals surface area (Å²) in [5, 5.41) is 11.7. The van der Waals surface area contributed by atoms with E-state index in [0.717, 1.165) is 10.0 Å². The Hall–Kier alpha value is -2.15. The van der Waals surface area contributed by atoms with E-state index in [1.807, 2.05) is 24.3 Å². The van der Waals surface area contributed by atoms with Crippen LogP contribution in [-0.2, 0) is 0 Å². The second kappa shape index (κ2) is 7.82. The third-order valence-corrected chi connectivity index (χ3v) is 4.30. The molecule has 0 aliphatic carbocycles. The molecule has 2 N–H and O–H groups in total. The number of rotatable bonds is 4. The predicted octanol–water partition coefficient (Wildman–Crippen LogP) is 4.91. The number of halogens is 3. The molecule has 2 aromatic carbocycles. The van der Waals surface area contributed by atoms with Gasteiger partial charge in [0.15, 0.2) is 0 Å². The minimum Gasteiger partial charge on any atom is -0.272 e. The minimum absolute atomic E-state index is 0.271. The van der Waals surface area contributed by atoms with Gasteiger partial charge in [-0.3, -0.25) is 9.89 Å². The number of aromatic amines is 1. The maximum atomic E-state index is 12.1. The van der Waals surface area contributed by atoms with Gasteiger partial charge in [0, 0.05) is 15.1 Å². The van der Waals surface area contributed by atoms with Crippen LogP contribution in [-0.4, -0.2) is 22.3 Å². The number of carbonyl (C=O) groups excluding carboxylic acids is 1. The van der Waals surface area contributed by atoms with Crippen molar-refractivity contribution >= 4 is 51.3 Å². The molecule has 0 aliphatic rings. The molecule has 0 unspecified atom stereocenters. The van der Waals surface area contributed by atoms with Crippen molar-refractivity contribution in [3.8, 4) is 11.3 Å². The number of nitrogens with zero attached hydrogens (tertiary/aromatic N) is 2. The maximum absolute atomic E-state index is 12.1. The number of hydrogen-bond acceptors (Lipinski definition) is 3. The fraction of sp³-hybridized carbons (Fsp3) is 0. The average Bonchev–Trinajstić information content (AvgIpc) is 3.04. The number of amides is 1. The van der Waals surface area contributed by atoms with Crippen molar-refractivity contribution in [3.63, 3.8) is 0 Å². The van der Waals surface area contributed by atoms with Crippen LogP contribution in [0.5, 0.6) is 0 Å². The molecule has 0 spiro atoms. The SMILES string of the molecule is O=C(N/N=C\c1cccc(Br)c1)c1cc(-c2ccc(Cl)cc2Cl)n[nH]1. The summed E-state index contributed by atoms with van der Waals surface area (Å²) in [6, 6.07) is 14.2. The van der Waals surface area contributed by atoms with Gasteiger partial charge in [-0.05, 0) is 42.0 Å². The van der Waals surface area contributed by atoms with Crippen LogP contribution in [0.2, 0.25) is 10.0 Å². The predicted molar refractivity (Wildman–Crippen MR) is 103 cm³/mol. The van der Waals surface area contributed by atoms with Crippen molar-refractivity contribution in [3.05, 3.63) is 74.3 Å². The first-order chi connectivity index (χ1) is 12.0. The van der Waals surface area contributed by atoms with E-state index in [1.54, 1.807) is 30.5 Å². The van der Waals surface area contributed by atoms with Crippen LogP contribution in [0.1, 0.15) is 16.1 Å². The number of hydrazone groups is 1. The highest BCUT2D eigenvalue weighted by molar-refractivity contribution is 9.10. The second-order valence-electron chi connectivity index (χ2n) is 5.05. The zero-order valence-corrected chi connectivity index (χ0v) is 15.7. The first-order valence-corrected chi connectivity index (χ1v) is 8.67. The quantitative estimate of drug-likeness (QED) is 0.449. The molecule has 0 aliphatic heterocycles. The molecule has 0 atom stereocenters. The third-order valence-electron chi connectivity index (χ3n) is 3.26. The zero-order chi connectivity index (χ0) is 17.8. The van der Waals surface area contributed by atoms with Crippen molar-refractivity contribution in [1.29, 1.82) is 0 Å². The van der Waals surface area contributed by atoms with E-state index in [0.29, 0.717) is 21.3 Å². The van der Waals surface area contributed by atoms with Crippen molar-refractivity contribution < 1.29 is 4.79 Å². The molecule has 0 bridgehead atoms. The van der Waals surface area contributed by atoms with Gasteiger partial charge >= 0.3 is 0 Å². The normalized spacial score (nSPS) is 11.0. The first kappa shape index (κ1) is 17.7. The summed E-state index contributed by atoms with van der Waals surface area (Å²) in [7, 11) is 0. The molecule has 5 nitrogen and oxygen atoms in total. The van der Waals surface area contributed by atoms with Crippen LogP contribution in [0.4, 0.5) is 0 Å². The number of benzene rings is 2. The largest absolute Gasteiger partial charge is 0.289 e. The summed E-state index contributed by atoms with van der Waals surface area (Å²) in [5.74, 6) is -0.407. The Morgan fingerprint density at radius 1 is 1.20 bits per heavy atom. The lowest BCUT2D eigenvalue weighted by atomic mass is 10.1. The Morgan fingerprint density at radius 3 is 2.80 bits per heavy atom. The lowest BCUT2D eigenvalue weighted by Gasteiger charge is -2.00. The Kier molecular flexibility index (Phi) is 5.53.